The van der Waals surface area contributed by atoms with Gasteiger partial charge < -0.3 is 15.6 Å². The molecule has 2 atom stereocenters. The number of nitrogens with two attached hydrogens (primary N) is 1. The van der Waals surface area contributed by atoms with Crippen molar-refractivity contribution >= 4 is 5.97 Å². The topological polar surface area (TPSA) is 75.8 Å². The number of rotatable bonds is 4. The van der Waals surface area contributed by atoms with Crippen LogP contribution in [0.1, 0.15) is 13.3 Å². The summed E-state index contributed by atoms with van der Waals surface area (Å²) in [6.45, 7) is 5.22. The maximum atomic E-state index is 10.5. The Bertz CT molecular complexity index is 198. The number of nitrogens with zero attached hydrogens (tertiary/aromatic N) is 1. The molecule has 0 bridgehead atoms. The van der Waals surface area contributed by atoms with Crippen molar-refractivity contribution < 1.29 is 14.6 Å². The van der Waals surface area contributed by atoms with Gasteiger partial charge in [-0.05, 0) is 13.3 Å². The van der Waals surface area contributed by atoms with Crippen molar-refractivity contribution in [3.8, 4) is 0 Å². The summed E-state index contributed by atoms with van der Waals surface area (Å²) in [7, 11) is 0. The number of aliphatic carboxylic acids is 1. The van der Waals surface area contributed by atoms with Crippen molar-refractivity contribution in [2.24, 2.45) is 5.73 Å². The fourth-order valence-corrected chi connectivity index (χ4v) is 1.54. The smallest absolute Gasteiger partial charge is 0.320 e. The third-order valence-corrected chi connectivity index (χ3v) is 2.40. The Hall–Kier alpha value is -0.650. The van der Waals surface area contributed by atoms with E-state index >= 15 is 0 Å². The Morgan fingerprint density at radius 3 is 3.07 bits per heavy atom. The minimum Gasteiger partial charge on any atom is -0.480 e. The number of ether oxygens (including phenoxy) is 1. The predicted octanol–water partition coefficient (Wildman–Crippen LogP) is -0.491. The molecule has 5 heteroatoms. The van der Waals surface area contributed by atoms with Gasteiger partial charge >= 0.3 is 5.97 Å². The molecule has 2 unspecified atom stereocenters. The van der Waals surface area contributed by atoms with Gasteiger partial charge in [-0.1, -0.05) is 0 Å². The zero-order chi connectivity index (χ0) is 10.6. The molecule has 3 N–H and O–H groups in total. The van der Waals surface area contributed by atoms with Crippen LogP contribution in [-0.4, -0.2) is 54.4 Å². The highest BCUT2D eigenvalue weighted by atomic mass is 16.5. The number of carboxylic acids is 1. The second-order valence-electron chi connectivity index (χ2n) is 3.72. The van der Waals surface area contributed by atoms with Crippen LogP contribution in [0.25, 0.3) is 0 Å². The molecule has 1 aliphatic heterocycles. The highest BCUT2D eigenvalue weighted by Crippen LogP contribution is 2.05. The van der Waals surface area contributed by atoms with Crippen molar-refractivity contribution in [3.05, 3.63) is 0 Å². The van der Waals surface area contributed by atoms with Crippen LogP contribution >= 0.6 is 0 Å². The van der Waals surface area contributed by atoms with E-state index in [1.807, 2.05) is 6.92 Å². The van der Waals surface area contributed by atoms with Gasteiger partial charge in [0.25, 0.3) is 0 Å². The van der Waals surface area contributed by atoms with Crippen LogP contribution in [0.4, 0.5) is 0 Å². The van der Waals surface area contributed by atoms with E-state index < -0.39 is 12.0 Å². The van der Waals surface area contributed by atoms with Gasteiger partial charge in [0.15, 0.2) is 0 Å². The Balaban J connectivity index is 2.20. The van der Waals surface area contributed by atoms with E-state index in [2.05, 4.69) is 4.90 Å². The van der Waals surface area contributed by atoms with Crippen molar-refractivity contribution in [2.45, 2.75) is 25.5 Å². The lowest BCUT2D eigenvalue weighted by Gasteiger charge is -2.31. The van der Waals surface area contributed by atoms with Crippen LogP contribution in [0, 0.1) is 0 Å². The van der Waals surface area contributed by atoms with Crippen LogP contribution in [0.2, 0.25) is 0 Å². The van der Waals surface area contributed by atoms with Gasteiger partial charge in [0.05, 0.1) is 12.7 Å². The fourth-order valence-electron chi connectivity index (χ4n) is 1.54. The molecule has 0 spiro atoms. The molecular weight excluding hydrogens is 184 g/mol. The lowest BCUT2D eigenvalue weighted by atomic mass is 10.2. The van der Waals surface area contributed by atoms with E-state index in [4.69, 9.17) is 15.6 Å². The molecular formula is C9H18N2O3. The van der Waals surface area contributed by atoms with E-state index in [0.717, 1.165) is 26.2 Å². The molecule has 1 heterocycles. The second kappa shape index (κ2) is 5.29. The van der Waals surface area contributed by atoms with Crippen LogP contribution in [0.3, 0.4) is 0 Å². The number of carboxylic acid groups (broad SMARTS) is 1. The minimum atomic E-state index is -0.925. The molecule has 82 valence electrons. The summed E-state index contributed by atoms with van der Waals surface area (Å²) in [4.78, 5) is 12.7. The zero-order valence-electron chi connectivity index (χ0n) is 8.48. The van der Waals surface area contributed by atoms with E-state index in [1.54, 1.807) is 0 Å². The molecule has 1 rings (SSSR count). The van der Waals surface area contributed by atoms with Gasteiger partial charge in [-0.2, -0.15) is 0 Å². The van der Waals surface area contributed by atoms with Gasteiger partial charge in [-0.25, -0.2) is 0 Å². The Morgan fingerprint density at radius 1 is 1.79 bits per heavy atom. The fraction of sp³-hybridized carbons (Fsp3) is 0.889. The van der Waals surface area contributed by atoms with E-state index in [9.17, 15) is 4.79 Å². The average Bonchev–Trinajstić information content (AvgIpc) is 2.14. The second-order valence-corrected chi connectivity index (χ2v) is 3.72. The van der Waals surface area contributed by atoms with Crippen molar-refractivity contribution in [1.82, 2.24) is 4.90 Å². The predicted molar refractivity (Wildman–Crippen MR) is 52.1 cm³/mol. The van der Waals surface area contributed by atoms with Crippen LogP contribution in [0.15, 0.2) is 0 Å². The molecule has 0 amide bonds. The summed E-state index contributed by atoms with van der Waals surface area (Å²) in [5.74, 6) is -0.925. The van der Waals surface area contributed by atoms with Crippen LogP contribution in [-0.2, 0) is 9.53 Å². The molecule has 0 aromatic rings. The zero-order valence-corrected chi connectivity index (χ0v) is 8.48. The van der Waals surface area contributed by atoms with E-state index in [0.29, 0.717) is 6.42 Å². The number of hydrogen-bond acceptors (Lipinski definition) is 4. The molecule has 1 aliphatic rings. The number of hydrogen-bond donors (Lipinski definition) is 2. The summed E-state index contributed by atoms with van der Waals surface area (Å²) >= 11 is 0. The first-order valence-electron chi connectivity index (χ1n) is 4.92. The molecule has 5 nitrogen and oxygen atoms in total. The van der Waals surface area contributed by atoms with Crippen LogP contribution < -0.4 is 5.73 Å². The van der Waals surface area contributed by atoms with Crippen molar-refractivity contribution in [3.63, 3.8) is 0 Å². The lowest BCUT2D eigenvalue weighted by Crippen LogP contribution is -2.43. The third-order valence-electron chi connectivity index (χ3n) is 2.40. The molecule has 0 saturated carbocycles. The van der Waals surface area contributed by atoms with Gasteiger partial charge in [0, 0.05) is 19.6 Å². The highest BCUT2D eigenvalue weighted by Gasteiger charge is 2.18. The average molecular weight is 202 g/mol. The molecule has 14 heavy (non-hydrogen) atoms. The first kappa shape index (κ1) is 11.4. The van der Waals surface area contributed by atoms with Gasteiger partial charge in [0.1, 0.15) is 6.04 Å². The largest absolute Gasteiger partial charge is 0.480 e. The SMILES string of the molecule is CC1CN(CCC(N)C(=O)O)CCO1. The van der Waals surface area contributed by atoms with Gasteiger partial charge in [-0.3, -0.25) is 9.69 Å². The molecule has 0 aliphatic carbocycles. The monoisotopic (exact) mass is 202 g/mol. The Labute approximate surface area is 83.8 Å². The summed E-state index contributed by atoms with van der Waals surface area (Å²) in [6.07, 6.45) is 0.743. The summed E-state index contributed by atoms with van der Waals surface area (Å²) < 4.78 is 5.37. The molecule has 0 radical (unpaired) electrons. The van der Waals surface area contributed by atoms with E-state index in [-0.39, 0.29) is 6.10 Å². The van der Waals surface area contributed by atoms with Crippen LogP contribution in [0.5, 0.6) is 0 Å². The molecule has 1 fully saturated rings. The highest BCUT2D eigenvalue weighted by molar-refractivity contribution is 5.72. The minimum absolute atomic E-state index is 0.241. The number of carbonyl (C=O) groups is 1. The van der Waals surface area contributed by atoms with Crippen molar-refractivity contribution in [2.75, 3.05) is 26.2 Å². The maximum absolute atomic E-state index is 10.5. The molecule has 0 aromatic heterocycles. The van der Waals surface area contributed by atoms with E-state index in [1.165, 1.54) is 0 Å². The first-order chi connectivity index (χ1) is 6.59. The standard InChI is InChI=1S/C9H18N2O3/c1-7-6-11(4-5-14-7)3-2-8(10)9(12)13/h7-8H,2-6,10H2,1H3,(H,12,13). The Kier molecular flexibility index (Phi) is 4.31. The third kappa shape index (κ3) is 3.61. The Morgan fingerprint density at radius 2 is 2.50 bits per heavy atom. The number of morpholine rings is 1. The lowest BCUT2D eigenvalue weighted by molar-refractivity contribution is -0.138. The summed E-state index contributed by atoms with van der Waals surface area (Å²) in [6, 6.07) is -0.742. The van der Waals surface area contributed by atoms with Gasteiger partial charge in [-0.15, -0.1) is 0 Å². The van der Waals surface area contributed by atoms with Gasteiger partial charge in [0.2, 0.25) is 0 Å². The maximum Gasteiger partial charge on any atom is 0.320 e. The summed E-state index contributed by atoms with van der Waals surface area (Å²) in [5, 5.41) is 8.60. The quantitative estimate of drug-likeness (QED) is 0.643. The normalized spacial score (nSPS) is 26.0. The first-order valence-corrected chi connectivity index (χ1v) is 4.92. The summed E-state index contributed by atoms with van der Waals surface area (Å²) in [5.41, 5.74) is 5.41. The molecule has 1 saturated heterocycles. The molecule has 0 aromatic carbocycles. The van der Waals surface area contributed by atoms with Crippen molar-refractivity contribution in [1.29, 1.82) is 0 Å².